The molecule has 0 saturated carbocycles. The van der Waals surface area contributed by atoms with Crippen LogP contribution in [0.25, 0.3) is 0 Å². The third-order valence-electron chi connectivity index (χ3n) is 3.35. The zero-order valence-electron chi connectivity index (χ0n) is 10.4. The van der Waals surface area contributed by atoms with Gasteiger partial charge in [-0.2, -0.15) is 0 Å². The van der Waals surface area contributed by atoms with Gasteiger partial charge in [0.25, 0.3) is 0 Å². The third kappa shape index (κ3) is 2.67. The van der Waals surface area contributed by atoms with Crippen LogP contribution in [0.2, 0.25) is 0 Å². The summed E-state index contributed by atoms with van der Waals surface area (Å²) in [7, 11) is 0. The van der Waals surface area contributed by atoms with Gasteiger partial charge in [-0.1, -0.05) is 6.07 Å². The summed E-state index contributed by atoms with van der Waals surface area (Å²) in [5, 5.41) is 0. The quantitative estimate of drug-likeness (QED) is 0.834. The first kappa shape index (κ1) is 12.5. The van der Waals surface area contributed by atoms with Gasteiger partial charge in [0.05, 0.1) is 5.92 Å². The maximum Gasteiger partial charge on any atom is 0.223 e. The van der Waals surface area contributed by atoms with Crippen LogP contribution in [0, 0.1) is 5.92 Å². The van der Waals surface area contributed by atoms with E-state index in [9.17, 15) is 9.59 Å². The van der Waals surface area contributed by atoms with Gasteiger partial charge in [0.2, 0.25) is 11.8 Å². The Balaban J connectivity index is 2.00. The second-order valence-corrected chi connectivity index (χ2v) is 4.76. The van der Waals surface area contributed by atoms with E-state index in [0.717, 1.165) is 12.0 Å². The highest BCUT2D eigenvalue weighted by molar-refractivity contribution is 5.88. The van der Waals surface area contributed by atoms with Gasteiger partial charge in [0.15, 0.2) is 0 Å². The molecule has 5 heteroatoms. The lowest BCUT2D eigenvalue weighted by Gasteiger charge is -2.24. The summed E-state index contributed by atoms with van der Waals surface area (Å²) in [5.74, 6) is -0.719. The van der Waals surface area contributed by atoms with E-state index < -0.39 is 0 Å². The van der Waals surface area contributed by atoms with Gasteiger partial charge in [0, 0.05) is 31.4 Å². The minimum atomic E-state index is -0.389. The van der Waals surface area contributed by atoms with Gasteiger partial charge in [-0.05, 0) is 25.0 Å². The molecule has 2 atom stereocenters. The molecule has 96 valence electrons. The second-order valence-electron chi connectivity index (χ2n) is 4.76. The third-order valence-corrected chi connectivity index (χ3v) is 3.35. The van der Waals surface area contributed by atoms with Gasteiger partial charge >= 0.3 is 0 Å². The molecular weight excluding hydrogens is 230 g/mol. The van der Waals surface area contributed by atoms with E-state index in [2.05, 4.69) is 4.98 Å². The predicted octanol–water partition coefficient (Wildman–Crippen LogP) is 0.346. The summed E-state index contributed by atoms with van der Waals surface area (Å²) in [5.41, 5.74) is 6.33. The number of nitrogens with two attached hydrogens (primary N) is 1. The molecule has 1 fully saturated rings. The number of carbonyl (C=O) groups is 2. The largest absolute Gasteiger partial charge is 0.369 e. The molecule has 1 aliphatic heterocycles. The Morgan fingerprint density at radius 3 is 3.00 bits per heavy atom. The highest BCUT2D eigenvalue weighted by Crippen LogP contribution is 2.21. The van der Waals surface area contributed by atoms with Gasteiger partial charge in [0.1, 0.15) is 0 Å². The van der Waals surface area contributed by atoms with Crippen molar-refractivity contribution >= 4 is 11.8 Å². The molecule has 2 amide bonds. The number of hydrogen-bond donors (Lipinski definition) is 1. The lowest BCUT2D eigenvalue weighted by molar-refractivity contribution is -0.129. The number of nitrogens with zero attached hydrogens (tertiary/aromatic N) is 2. The van der Waals surface area contributed by atoms with Crippen molar-refractivity contribution in [2.75, 3.05) is 6.54 Å². The van der Waals surface area contributed by atoms with Crippen LogP contribution in [0.3, 0.4) is 0 Å². The normalized spacial score (nSPS) is 21.1. The first-order valence-corrected chi connectivity index (χ1v) is 6.05. The summed E-state index contributed by atoms with van der Waals surface area (Å²) in [4.78, 5) is 28.7. The molecule has 2 rings (SSSR count). The van der Waals surface area contributed by atoms with Crippen LogP contribution in [0.1, 0.15) is 18.9 Å². The van der Waals surface area contributed by atoms with Crippen LogP contribution < -0.4 is 5.73 Å². The molecule has 1 saturated heterocycles. The highest BCUT2D eigenvalue weighted by atomic mass is 16.2. The molecule has 0 aromatic carbocycles. The van der Waals surface area contributed by atoms with Crippen molar-refractivity contribution in [1.29, 1.82) is 0 Å². The summed E-state index contributed by atoms with van der Waals surface area (Å²) in [6, 6.07) is 3.92. The predicted molar refractivity (Wildman–Crippen MR) is 66.4 cm³/mol. The minimum Gasteiger partial charge on any atom is -0.369 e. The van der Waals surface area contributed by atoms with Crippen LogP contribution in [0.15, 0.2) is 24.5 Å². The standard InChI is InChI=1S/C13H17N3O2/c1-9(5-10-3-2-4-15-7-10)16-8-11(13(14)18)6-12(16)17/h2-4,7,9,11H,5-6,8H2,1H3,(H2,14,18). The van der Waals surface area contributed by atoms with E-state index in [-0.39, 0.29) is 30.2 Å². The van der Waals surface area contributed by atoms with E-state index in [4.69, 9.17) is 5.73 Å². The lowest BCUT2D eigenvalue weighted by Crippen LogP contribution is -2.37. The Kier molecular flexibility index (Phi) is 3.60. The topological polar surface area (TPSA) is 76.3 Å². The van der Waals surface area contributed by atoms with E-state index in [1.807, 2.05) is 19.1 Å². The van der Waals surface area contributed by atoms with Crippen LogP contribution in [-0.4, -0.2) is 34.3 Å². The summed E-state index contributed by atoms with van der Waals surface area (Å²) in [6.45, 7) is 2.42. The zero-order chi connectivity index (χ0) is 13.1. The van der Waals surface area contributed by atoms with Gasteiger partial charge in [-0.15, -0.1) is 0 Å². The minimum absolute atomic E-state index is 0.00944. The van der Waals surface area contributed by atoms with Gasteiger partial charge < -0.3 is 10.6 Å². The van der Waals surface area contributed by atoms with Crippen molar-refractivity contribution in [3.8, 4) is 0 Å². The molecular formula is C13H17N3O2. The number of likely N-dealkylation sites (tertiary alicyclic amines) is 1. The first-order chi connectivity index (χ1) is 8.58. The summed E-state index contributed by atoms with van der Waals surface area (Å²) >= 11 is 0. The maximum absolute atomic E-state index is 11.8. The van der Waals surface area contributed by atoms with Crippen molar-refractivity contribution in [2.24, 2.45) is 11.7 Å². The fourth-order valence-electron chi connectivity index (χ4n) is 2.32. The highest BCUT2D eigenvalue weighted by Gasteiger charge is 2.35. The number of primary amides is 1. The van der Waals surface area contributed by atoms with Crippen molar-refractivity contribution in [1.82, 2.24) is 9.88 Å². The van der Waals surface area contributed by atoms with Crippen LogP contribution >= 0.6 is 0 Å². The van der Waals surface area contributed by atoms with Crippen molar-refractivity contribution < 1.29 is 9.59 Å². The number of rotatable bonds is 4. The number of amides is 2. The average Bonchev–Trinajstić information content (AvgIpc) is 2.73. The fourth-order valence-corrected chi connectivity index (χ4v) is 2.32. The Morgan fingerprint density at radius 1 is 1.67 bits per heavy atom. The molecule has 0 bridgehead atoms. The van der Waals surface area contributed by atoms with E-state index in [0.29, 0.717) is 6.54 Å². The number of carbonyl (C=O) groups excluding carboxylic acids is 2. The van der Waals surface area contributed by atoms with E-state index >= 15 is 0 Å². The molecule has 1 aromatic heterocycles. The fraction of sp³-hybridized carbons (Fsp3) is 0.462. The zero-order valence-corrected chi connectivity index (χ0v) is 10.4. The molecule has 0 radical (unpaired) electrons. The monoisotopic (exact) mass is 247 g/mol. The second kappa shape index (κ2) is 5.16. The molecule has 2 N–H and O–H groups in total. The number of hydrogen-bond acceptors (Lipinski definition) is 3. The van der Waals surface area contributed by atoms with Crippen LogP contribution in [-0.2, 0) is 16.0 Å². The molecule has 1 aliphatic rings. The Bertz CT molecular complexity index is 447. The molecule has 0 aliphatic carbocycles. The first-order valence-electron chi connectivity index (χ1n) is 6.05. The van der Waals surface area contributed by atoms with E-state index in [1.54, 1.807) is 17.3 Å². The lowest BCUT2D eigenvalue weighted by atomic mass is 10.1. The molecule has 2 unspecified atom stereocenters. The van der Waals surface area contributed by atoms with Crippen molar-refractivity contribution in [2.45, 2.75) is 25.8 Å². The van der Waals surface area contributed by atoms with Crippen molar-refractivity contribution in [3.63, 3.8) is 0 Å². The average molecular weight is 247 g/mol. The molecule has 5 nitrogen and oxygen atoms in total. The van der Waals surface area contributed by atoms with Gasteiger partial charge in [-0.3, -0.25) is 14.6 Å². The van der Waals surface area contributed by atoms with Crippen LogP contribution in [0.5, 0.6) is 0 Å². The Labute approximate surface area is 106 Å². The summed E-state index contributed by atoms with van der Waals surface area (Å²) in [6.07, 6.45) is 4.50. The number of aromatic nitrogens is 1. The maximum atomic E-state index is 11.8. The SMILES string of the molecule is CC(Cc1cccnc1)N1CC(C(N)=O)CC1=O. The van der Waals surface area contributed by atoms with E-state index in [1.165, 1.54) is 0 Å². The molecule has 2 heterocycles. The number of pyridine rings is 1. The Morgan fingerprint density at radius 2 is 2.44 bits per heavy atom. The molecule has 18 heavy (non-hydrogen) atoms. The van der Waals surface area contributed by atoms with Gasteiger partial charge in [-0.25, -0.2) is 0 Å². The smallest absolute Gasteiger partial charge is 0.223 e. The summed E-state index contributed by atoms with van der Waals surface area (Å²) < 4.78 is 0. The molecule has 1 aromatic rings. The molecule has 0 spiro atoms. The Hall–Kier alpha value is -1.91. The van der Waals surface area contributed by atoms with Crippen LogP contribution in [0.4, 0.5) is 0 Å². The van der Waals surface area contributed by atoms with Crippen molar-refractivity contribution in [3.05, 3.63) is 30.1 Å².